The maximum absolute atomic E-state index is 11.5. The Labute approximate surface area is 161 Å². The van der Waals surface area contributed by atoms with Gasteiger partial charge in [-0.15, -0.1) is 0 Å². The number of aliphatic imine (C=N–C) groups is 2. The molecule has 0 saturated heterocycles. The number of rotatable bonds is 6. The van der Waals surface area contributed by atoms with Crippen molar-refractivity contribution >= 4 is 45.9 Å². The Balaban J connectivity index is 2.48. The van der Waals surface area contributed by atoms with Crippen molar-refractivity contribution in [1.82, 2.24) is 14.7 Å². The van der Waals surface area contributed by atoms with Gasteiger partial charge in [-0.2, -0.15) is 10.1 Å². The van der Waals surface area contributed by atoms with Crippen LogP contribution in [0.3, 0.4) is 0 Å². The number of nitrogens with one attached hydrogen (secondary N) is 1. The summed E-state index contributed by atoms with van der Waals surface area (Å²) in [6, 6.07) is 4.52. The minimum absolute atomic E-state index is 0.127. The summed E-state index contributed by atoms with van der Waals surface area (Å²) in [5.74, 6) is -1.99. The van der Waals surface area contributed by atoms with E-state index in [1.54, 1.807) is 36.0 Å². The Morgan fingerprint density at radius 3 is 2.57 bits per heavy atom. The second-order valence-electron chi connectivity index (χ2n) is 6.09. The van der Waals surface area contributed by atoms with Crippen LogP contribution in [0.1, 0.15) is 13.3 Å². The second kappa shape index (κ2) is 8.29. The highest BCUT2D eigenvalue weighted by atomic mass is 16.1. The lowest BCUT2D eigenvalue weighted by Gasteiger charge is -2.25. The number of likely N-dealkylation sites (N-methyl/N-ethyl adjacent to an activating group) is 1. The molecule has 0 radical (unpaired) electrons. The number of carbonyl (C=O) groups excluding carboxylic acids is 2. The number of amidine groups is 1. The molecule has 0 aliphatic heterocycles. The van der Waals surface area contributed by atoms with Crippen LogP contribution in [0.2, 0.25) is 0 Å². The molecule has 2 amide bonds. The molecular formula is C17H23N9O2. The van der Waals surface area contributed by atoms with E-state index >= 15 is 0 Å². The summed E-state index contributed by atoms with van der Waals surface area (Å²) in [6.07, 6.45) is 2.07. The molecule has 11 nitrogen and oxygen atoms in total. The van der Waals surface area contributed by atoms with Gasteiger partial charge in [-0.3, -0.25) is 19.7 Å². The van der Waals surface area contributed by atoms with E-state index in [9.17, 15) is 9.59 Å². The van der Waals surface area contributed by atoms with E-state index in [0.717, 1.165) is 10.9 Å². The Morgan fingerprint density at radius 1 is 1.32 bits per heavy atom. The Morgan fingerprint density at radius 2 is 2.00 bits per heavy atom. The Bertz CT molecular complexity index is 990. The molecule has 148 valence electrons. The van der Waals surface area contributed by atoms with Gasteiger partial charge in [0.2, 0.25) is 5.91 Å². The minimum Gasteiger partial charge on any atom is -0.369 e. The van der Waals surface area contributed by atoms with Crippen molar-refractivity contribution in [2.45, 2.75) is 19.4 Å². The molecule has 1 aromatic carbocycles. The second-order valence-corrected chi connectivity index (χ2v) is 6.09. The van der Waals surface area contributed by atoms with Crippen molar-refractivity contribution in [3.63, 3.8) is 0 Å². The van der Waals surface area contributed by atoms with Crippen molar-refractivity contribution in [2.24, 2.45) is 34.2 Å². The van der Waals surface area contributed by atoms with Gasteiger partial charge in [-0.1, -0.05) is 6.92 Å². The topological polar surface area (TPSA) is 182 Å². The number of aromatic nitrogens is 2. The highest BCUT2D eigenvalue weighted by molar-refractivity contribution is 6.66. The lowest BCUT2D eigenvalue weighted by Crippen LogP contribution is -2.48. The van der Waals surface area contributed by atoms with Gasteiger partial charge in [0.25, 0.3) is 5.91 Å². The first kappa shape index (κ1) is 20.6. The third kappa shape index (κ3) is 4.31. The Kier molecular flexibility index (Phi) is 6.08. The molecule has 7 N–H and O–H groups in total. The van der Waals surface area contributed by atoms with Gasteiger partial charge < -0.3 is 22.1 Å². The van der Waals surface area contributed by atoms with Gasteiger partial charge in [0.1, 0.15) is 6.04 Å². The number of nitrogens with zero attached hydrogens (tertiary/aromatic N) is 5. The number of guanidine groups is 1. The van der Waals surface area contributed by atoms with Crippen molar-refractivity contribution in [3.8, 4) is 0 Å². The van der Waals surface area contributed by atoms with Crippen LogP contribution < -0.4 is 17.2 Å². The van der Waals surface area contributed by atoms with E-state index in [-0.39, 0.29) is 11.8 Å². The Hall–Kier alpha value is -3.76. The number of fused-ring (bicyclic) bond motifs is 1. The van der Waals surface area contributed by atoms with E-state index in [2.05, 4.69) is 15.1 Å². The first-order valence-corrected chi connectivity index (χ1v) is 8.41. The summed E-state index contributed by atoms with van der Waals surface area (Å²) in [6.45, 7) is 1.77. The zero-order chi connectivity index (χ0) is 21.0. The van der Waals surface area contributed by atoms with Crippen LogP contribution in [0.15, 0.2) is 34.4 Å². The molecule has 0 spiro atoms. The first-order valence-electron chi connectivity index (χ1n) is 8.41. The SMILES string of the molecule is CC[C@H](C(N)=O)N(C)C(N)=NC(=Nc1ccc2c(cnn2C)c1)C(=N)C(N)=O. The molecule has 28 heavy (non-hydrogen) atoms. The molecule has 0 unspecified atom stereocenters. The fraction of sp³-hybridized carbons (Fsp3) is 0.294. The third-order valence-corrected chi connectivity index (χ3v) is 4.20. The maximum Gasteiger partial charge on any atom is 0.270 e. The quantitative estimate of drug-likeness (QED) is 0.390. The highest BCUT2D eigenvalue weighted by Gasteiger charge is 2.22. The van der Waals surface area contributed by atoms with Gasteiger partial charge in [-0.05, 0) is 24.6 Å². The number of benzene rings is 1. The summed E-state index contributed by atoms with van der Waals surface area (Å²) in [5.41, 5.74) is 17.2. The average Bonchev–Trinajstić information content (AvgIpc) is 3.00. The summed E-state index contributed by atoms with van der Waals surface area (Å²) >= 11 is 0. The molecule has 1 heterocycles. The predicted molar refractivity (Wildman–Crippen MR) is 107 cm³/mol. The summed E-state index contributed by atoms with van der Waals surface area (Å²) in [7, 11) is 3.34. The summed E-state index contributed by atoms with van der Waals surface area (Å²) in [4.78, 5) is 32.7. The fourth-order valence-electron chi connectivity index (χ4n) is 2.60. The molecule has 2 aromatic rings. The summed E-state index contributed by atoms with van der Waals surface area (Å²) in [5, 5.41) is 12.9. The van der Waals surface area contributed by atoms with Crippen LogP contribution in [-0.4, -0.2) is 57.1 Å². The molecule has 2 rings (SSSR count). The zero-order valence-electron chi connectivity index (χ0n) is 15.9. The lowest BCUT2D eigenvalue weighted by molar-refractivity contribution is -0.121. The van der Waals surface area contributed by atoms with Crippen LogP contribution in [0.25, 0.3) is 10.9 Å². The number of amides is 2. The number of carbonyl (C=O) groups is 2. The van der Waals surface area contributed by atoms with Gasteiger partial charge in [-0.25, -0.2) is 4.99 Å². The molecular weight excluding hydrogens is 362 g/mol. The fourth-order valence-corrected chi connectivity index (χ4v) is 2.60. The van der Waals surface area contributed by atoms with Crippen LogP contribution in [0.5, 0.6) is 0 Å². The van der Waals surface area contributed by atoms with Gasteiger partial charge in [0.15, 0.2) is 17.5 Å². The molecule has 1 atom stereocenters. The van der Waals surface area contributed by atoms with E-state index in [1.807, 2.05) is 7.05 Å². The van der Waals surface area contributed by atoms with Crippen LogP contribution in [0.4, 0.5) is 5.69 Å². The highest BCUT2D eigenvalue weighted by Crippen LogP contribution is 2.21. The van der Waals surface area contributed by atoms with E-state index in [1.165, 1.54) is 11.9 Å². The van der Waals surface area contributed by atoms with E-state index in [4.69, 9.17) is 22.6 Å². The van der Waals surface area contributed by atoms with Gasteiger partial charge in [0, 0.05) is 19.5 Å². The molecule has 1 aromatic heterocycles. The molecule has 0 aliphatic rings. The minimum atomic E-state index is -1.01. The molecule has 0 bridgehead atoms. The number of nitrogens with two attached hydrogens (primary N) is 3. The third-order valence-electron chi connectivity index (χ3n) is 4.20. The predicted octanol–water partition coefficient (Wildman–Crippen LogP) is -0.381. The van der Waals surface area contributed by atoms with Crippen LogP contribution >= 0.6 is 0 Å². The number of hydrogen-bond donors (Lipinski definition) is 4. The molecule has 11 heteroatoms. The largest absolute Gasteiger partial charge is 0.369 e. The van der Waals surface area contributed by atoms with Gasteiger partial charge >= 0.3 is 0 Å². The van der Waals surface area contributed by atoms with Crippen LogP contribution in [-0.2, 0) is 16.6 Å². The molecule has 0 fully saturated rings. The van der Waals surface area contributed by atoms with Crippen molar-refractivity contribution in [3.05, 3.63) is 24.4 Å². The van der Waals surface area contributed by atoms with Crippen molar-refractivity contribution in [1.29, 1.82) is 5.41 Å². The normalized spacial score (nSPS) is 13.4. The van der Waals surface area contributed by atoms with Gasteiger partial charge in [0.05, 0.1) is 17.4 Å². The van der Waals surface area contributed by atoms with E-state index < -0.39 is 23.6 Å². The van der Waals surface area contributed by atoms with Crippen LogP contribution in [0, 0.1) is 5.41 Å². The zero-order valence-corrected chi connectivity index (χ0v) is 15.9. The van der Waals surface area contributed by atoms with Crippen molar-refractivity contribution in [2.75, 3.05) is 7.05 Å². The standard InChI is InChI=1S/C17H23N9O2/c1-4-11(14(19)27)25(2)17(21)24-16(13(18)15(20)28)23-10-5-6-12-9(7-10)8-22-26(12)3/h5-8,11,18H,4H2,1-3H3,(H2,19,27)(H2,20,28)(H2,21,23,24)/t11-/m1/s1. The van der Waals surface area contributed by atoms with Crippen molar-refractivity contribution < 1.29 is 9.59 Å². The molecule has 0 saturated carbocycles. The monoisotopic (exact) mass is 385 g/mol. The number of hydrogen-bond acceptors (Lipinski definition) is 5. The first-order chi connectivity index (χ1) is 13.1. The molecule has 0 aliphatic carbocycles. The number of aryl methyl sites for hydroxylation is 1. The number of primary amides is 2. The smallest absolute Gasteiger partial charge is 0.270 e. The van der Waals surface area contributed by atoms with E-state index in [0.29, 0.717) is 12.1 Å². The lowest BCUT2D eigenvalue weighted by atomic mass is 10.2. The average molecular weight is 385 g/mol. The summed E-state index contributed by atoms with van der Waals surface area (Å²) < 4.78 is 1.70. The maximum atomic E-state index is 11.5.